The Bertz CT molecular complexity index is 4540. The molecule has 5 atom stereocenters. The number of nitrogens with zero attached hydrogens (tertiary/aromatic N) is 22. The Labute approximate surface area is 675 Å². The molecule has 113 heavy (non-hydrogen) atoms. The van der Waals surface area contributed by atoms with E-state index in [2.05, 4.69) is 247 Å². The van der Waals surface area contributed by atoms with E-state index in [1.807, 2.05) is 42.5 Å². The summed E-state index contributed by atoms with van der Waals surface area (Å²) in [5.41, 5.74) is 5.70. The molecule has 17 rings (SSSR count). The Balaban J connectivity index is 0.000000160. The van der Waals surface area contributed by atoms with Crippen molar-refractivity contribution in [2.75, 3.05) is 41.8 Å². The zero-order valence-corrected chi connectivity index (χ0v) is 69.7. The summed E-state index contributed by atoms with van der Waals surface area (Å²) in [6.45, 7) is 8.94. The molecule has 0 bridgehead atoms. The predicted octanol–water partition coefficient (Wildman–Crippen LogP) is 15.5. The lowest BCUT2D eigenvalue weighted by Crippen LogP contribution is -2.67. The van der Waals surface area contributed by atoms with Crippen LogP contribution in [0.1, 0.15) is 93.9 Å². The zero-order valence-electron chi connectivity index (χ0n) is 63.3. The Morgan fingerprint density at radius 3 is 1.39 bits per heavy atom. The molecule has 0 fully saturated rings. The zero-order chi connectivity index (χ0) is 81.4. The van der Waals surface area contributed by atoms with Gasteiger partial charge in [0.05, 0.1) is 23.1 Å². The molecule has 10 aliphatic rings. The molecule has 0 spiro atoms. The van der Waals surface area contributed by atoms with Gasteiger partial charge in [-0.1, -0.05) is 136 Å². The number of imidazole rings is 1. The van der Waals surface area contributed by atoms with Gasteiger partial charge >= 0.3 is 5.97 Å². The van der Waals surface area contributed by atoms with E-state index in [9.17, 15) is 31.7 Å². The minimum Gasteiger partial charge on any atom is -0.508 e. The van der Waals surface area contributed by atoms with E-state index in [0.29, 0.717) is 48.0 Å². The van der Waals surface area contributed by atoms with Crippen molar-refractivity contribution in [3.63, 3.8) is 0 Å². The Morgan fingerprint density at radius 1 is 0.584 bits per heavy atom. The number of carboxylic acid groups (broad SMARTS) is 1. The fourth-order valence-electron chi connectivity index (χ4n) is 9.78. The smallest absolute Gasteiger partial charge is 0.303 e. The van der Waals surface area contributed by atoms with Gasteiger partial charge in [-0.3, -0.25) is 41.3 Å². The number of halogens is 1. The van der Waals surface area contributed by atoms with E-state index in [-0.39, 0.29) is 84.9 Å². The molecule has 5 N–H and O–H groups in total. The fourth-order valence-corrected chi connectivity index (χ4v) is 17.8. The third kappa shape index (κ3) is 39.6. The van der Waals surface area contributed by atoms with Gasteiger partial charge in [0, 0.05) is 167 Å². The number of phenols is 1. The Kier molecular flexibility index (Phi) is 34.7. The number of benzene rings is 6. The number of nitrogens with one attached hydrogen (secondary N) is 3. The molecule has 1 aromatic heterocycles. The third-order valence-electron chi connectivity index (χ3n) is 16.3. The predicted molar refractivity (Wildman–Crippen MR) is 440 cm³/mol. The third-order valence-corrected chi connectivity index (χ3v) is 26.3. The standard InChI is InChI=1S/C19H24N2OSi.C9H10N2OS.C8H7IN2.C8H8N2O.C7H5N3O2.C5H6N4.2C4H9N3OS.C4H6N2O2.C4H8N2OS/c1-15(18-20-21-18)22-23(19(2,3)4,16-11-7-5-8-12-16)17-13-9-6-10-14-17;12-13(7-9-10-11-9)6-8-4-2-1-3-5-8;9-7-3-1-6(2-4-7)5-8-10-11-8;11-7-3-1-6(2-4-7)5-8-9-10-8;11-10(12)6-3-1-5(2-4-6)7-8-9-7;1(5-8-9-5)4-2-6-3-7-4;2*1-9(5,8)3-2-4-6-7-4;7-4(8)2-1-3-5-6-3;1-8(7)3-2-4-5-6-4/h5-15,18H,1-4H3;1-5,9H,6-7H2;1-4,8H,5H2;1-4,8,11H,5H2;1-4,7H;2-3,5H,1H2,(H,6,7);2*4-5H,2-3H2,1H3;3H,1-2H2,(H,7,8);4H,2-3H2,1H3/i20+1,21+1;2*10+1,11+1;9+1,10+1;2*8+1,9+1;5+1,6+1,7+1;6+1,7+1;2*5+1,6+1. The van der Waals surface area contributed by atoms with Crippen LogP contribution in [0.4, 0.5) is 5.69 Å². The first-order valence-electron chi connectivity index (χ1n) is 35.8. The number of hydrogen-bond acceptors (Lipinski definition) is 32. The number of carbonyl (C=O) groups is 1. The summed E-state index contributed by atoms with van der Waals surface area (Å²) in [5.74, 6) is 2.30. The van der Waals surface area contributed by atoms with Crippen LogP contribution in [0.5, 0.6) is 5.75 Å². The maximum Gasteiger partial charge on any atom is 0.303 e. The first-order chi connectivity index (χ1) is 53.9. The van der Waals surface area contributed by atoms with Crippen molar-refractivity contribution in [1.29, 1.82) is 9.56 Å². The molecule has 0 amide bonds. The van der Waals surface area contributed by atoms with Crippen molar-refractivity contribution in [3.8, 4) is 5.75 Å². The van der Waals surface area contributed by atoms with Gasteiger partial charge in [0.1, 0.15) is 5.75 Å². The van der Waals surface area contributed by atoms with Crippen LogP contribution in [0.3, 0.4) is 0 Å². The van der Waals surface area contributed by atoms with Crippen LogP contribution in [0, 0.1) is 23.2 Å². The monoisotopic (exact) mass is 1770 g/mol. The molecule has 0 aliphatic carbocycles. The molecule has 41 heteroatoms. The summed E-state index contributed by atoms with van der Waals surface area (Å²) in [6, 6.07) is 53.1. The van der Waals surface area contributed by atoms with Crippen LogP contribution < -0.4 is 10.4 Å². The van der Waals surface area contributed by atoms with E-state index in [1.165, 1.54) is 44.2 Å². The highest BCUT2D eigenvalue weighted by atomic mass is 127. The van der Waals surface area contributed by atoms with E-state index in [4.69, 9.17) is 24.2 Å². The maximum absolute atomic E-state index is 11.5. The first kappa shape index (κ1) is 88.9. The van der Waals surface area contributed by atoms with Gasteiger partial charge in [-0.05, 0) is 98.0 Å². The number of aromatic amines is 1. The van der Waals surface area contributed by atoms with Crippen molar-refractivity contribution in [2.45, 2.75) is 158 Å². The average Bonchev–Trinajstić information content (AvgIpc) is 1.72. The number of nitro groups is 1. The van der Waals surface area contributed by atoms with Crippen LogP contribution in [-0.2, 0) is 75.3 Å². The summed E-state index contributed by atoms with van der Waals surface area (Å²) in [5, 5.41) is 105. The molecule has 35 nitrogen and oxygen atoms in total. The number of hydrogen-bond donors (Lipinski definition) is 5. The number of carboxylic acids is 1. The lowest BCUT2D eigenvalue weighted by molar-refractivity contribution is -0.384. The SMILES string of the molecule is CC(O[Si](c1ccccc1)(c1ccccc1)C(C)(C)C)C1[15N]=[15N]1.CS(=N)(=O)CCC1[15N]=[15N]1.CS(=O)CCC1[15N]=[15N]1.CS(=[15NH])(=O)CCC1[15N]=[15N]1.Ic1ccc(CC2[15N]=[15N]2)cc1.O=C(O)CCC1[15N]=[15N]1.O=S(Cc1ccccc1)CC1[15N]=[15N]1.O=[N+]([O-])c1ccc(C2[15N]=[15N]2)cc1.Oc1ccc(CC2[15N]=[15N]2)cc1.c1ncc(CC2[15N]=[15N]2)[nH]1. The van der Waals surface area contributed by atoms with Gasteiger partial charge in [0.2, 0.25) is 12.3 Å². The minimum atomic E-state index is -2.46. The van der Waals surface area contributed by atoms with Crippen LogP contribution in [0.15, 0.2) is 279 Å². The van der Waals surface area contributed by atoms with Gasteiger partial charge in [-0.15, -0.1) is 0 Å². The first-order valence-corrected chi connectivity index (χ1v) is 46.3. The summed E-state index contributed by atoms with van der Waals surface area (Å²) in [6.07, 6.45) is 14.6. The number of aromatic hydroxyl groups is 1. The topological polar surface area (TPSA) is 502 Å². The highest BCUT2D eigenvalue weighted by Crippen LogP contribution is 2.39. The normalized spacial score (nSPS) is 17.6. The van der Waals surface area contributed by atoms with Crippen LogP contribution >= 0.6 is 22.6 Å². The van der Waals surface area contributed by atoms with Gasteiger partial charge in [-0.25, -0.2) is 4.98 Å². The summed E-state index contributed by atoms with van der Waals surface area (Å²) in [7, 11) is -8.55. The number of rotatable bonds is 29. The fraction of sp³-hybridized carbons (Fsp3) is 0.444. The van der Waals surface area contributed by atoms with Gasteiger partial charge < -0.3 is 19.6 Å². The summed E-state index contributed by atoms with van der Waals surface area (Å²) < 4.78 is 65.4. The lowest BCUT2D eigenvalue weighted by atomic mass is 10.1. The number of non-ortho nitro benzene ring substituents is 1. The molecule has 0 radical (unpaired) electrons. The van der Waals surface area contributed by atoms with Crippen LogP contribution in [0.2, 0.25) is 5.04 Å². The van der Waals surface area contributed by atoms with E-state index in [0.717, 1.165) is 53.8 Å². The van der Waals surface area contributed by atoms with Crippen molar-refractivity contribution in [3.05, 3.63) is 218 Å². The second-order valence-corrected chi connectivity index (χ2v) is 40.9. The van der Waals surface area contributed by atoms with Crippen LogP contribution in [-0.4, -0.2) is 160 Å². The van der Waals surface area contributed by atoms with E-state index >= 15 is 0 Å². The van der Waals surface area contributed by atoms with Gasteiger partial charge in [0.15, 0.2) is 49.3 Å². The Hall–Kier alpha value is -9.69. The largest absolute Gasteiger partial charge is 0.508 e. The highest BCUT2D eigenvalue weighted by molar-refractivity contribution is 14.1. The number of phenolic OH excluding ortho intramolecular Hbond substituents is 1. The Morgan fingerprint density at radius 2 is 1.01 bits per heavy atom. The molecule has 10 aliphatic heterocycles. The average molecular weight is 1770 g/mol. The van der Waals surface area contributed by atoms with Crippen LogP contribution in [0.25, 0.3) is 0 Å². The van der Waals surface area contributed by atoms with E-state index in [1.54, 1.807) is 43.0 Å². The molecule has 0 saturated carbocycles. The van der Waals surface area contributed by atoms with Gasteiger partial charge in [0.25, 0.3) is 14.0 Å². The second-order valence-electron chi connectivity index (χ2n) is 27.5. The number of nitro benzene ring substituents is 1. The minimum absolute atomic E-state index is 0.00113. The van der Waals surface area contributed by atoms with E-state index < -0.39 is 60.3 Å². The molecule has 5 unspecified atom stereocenters. The molecular weight excluding hydrogens is 1680 g/mol. The second kappa shape index (κ2) is 44.1. The molecule has 600 valence electrons. The number of aliphatic carboxylic acids is 1. The molecule has 7 aromatic rings. The number of H-pyrrole nitrogens is 1. The van der Waals surface area contributed by atoms with Crippen molar-refractivity contribution in [2.24, 2.45) is 102 Å². The van der Waals surface area contributed by atoms with Gasteiger partial charge in [-0.2, -0.15) is 102 Å². The van der Waals surface area contributed by atoms with Crippen molar-refractivity contribution >= 4 is 94.0 Å². The highest BCUT2D eigenvalue weighted by Gasteiger charge is 2.52. The summed E-state index contributed by atoms with van der Waals surface area (Å²) >= 11 is 2.30. The molecule has 6 aromatic carbocycles. The molecule has 11 heterocycles. The quantitative estimate of drug-likeness (QED) is 0.00964. The number of aromatic nitrogens is 2. The molecular formula is C72H92IN25O10S4Si. The summed E-state index contributed by atoms with van der Waals surface area (Å²) in [4.78, 5) is 26.5. The lowest BCUT2D eigenvalue weighted by Gasteiger charge is -2.44. The van der Waals surface area contributed by atoms with Crippen molar-refractivity contribution in [1.82, 2.24) is 9.97 Å². The maximum atomic E-state index is 11.5. The molecule has 0 saturated heterocycles. The van der Waals surface area contributed by atoms with Crippen molar-refractivity contribution < 1.29 is 41.2 Å².